The first-order valence-electron chi connectivity index (χ1n) is 13.4. The number of sulfonamides is 1. The standard InChI is InChI=1S/C31H33Cl2N5O3S/c1-5-31(3,4)18-21-6-8-23(9-7-21)38-42(40,41)24-12-10-22(11-13-24)37-30(39)36-20(2)25-14-15-26(29(33)28(25)32)27-19-34-16-17-35-27/h6-17,19-20,38H,5,18H2,1-4H3,(H2,36,37,39)/t20-/m0/s1. The molecule has 0 radical (unpaired) electrons. The summed E-state index contributed by atoms with van der Waals surface area (Å²) in [5, 5.41) is 6.14. The lowest BCUT2D eigenvalue weighted by Gasteiger charge is -2.22. The molecule has 0 saturated carbocycles. The summed E-state index contributed by atoms with van der Waals surface area (Å²) in [4.78, 5) is 21.1. The van der Waals surface area contributed by atoms with Gasteiger partial charge in [0.1, 0.15) is 0 Å². The summed E-state index contributed by atoms with van der Waals surface area (Å²) in [5.41, 5.74) is 4.07. The normalized spacial score (nSPS) is 12.4. The van der Waals surface area contributed by atoms with Crippen molar-refractivity contribution in [3.8, 4) is 11.3 Å². The van der Waals surface area contributed by atoms with Crippen molar-refractivity contribution in [2.24, 2.45) is 5.41 Å². The van der Waals surface area contributed by atoms with E-state index in [0.717, 1.165) is 18.4 Å². The fourth-order valence-electron chi connectivity index (χ4n) is 4.28. The predicted molar refractivity (Wildman–Crippen MR) is 170 cm³/mol. The summed E-state index contributed by atoms with van der Waals surface area (Å²) >= 11 is 13.0. The first kappa shape index (κ1) is 31.3. The van der Waals surface area contributed by atoms with Gasteiger partial charge >= 0.3 is 6.03 Å². The van der Waals surface area contributed by atoms with Gasteiger partial charge in [-0.05, 0) is 66.3 Å². The highest BCUT2D eigenvalue weighted by Gasteiger charge is 2.20. The number of carbonyl (C=O) groups excluding carboxylic acids is 1. The summed E-state index contributed by atoms with van der Waals surface area (Å²) in [6, 6.07) is 15.9. The summed E-state index contributed by atoms with van der Waals surface area (Å²) in [6.45, 7) is 8.35. The molecule has 1 atom stereocenters. The number of hydrogen-bond donors (Lipinski definition) is 3. The Morgan fingerprint density at radius 3 is 2.21 bits per heavy atom. The van der Waals surface area contributed by atoms with Gasteiger partial charge in [-0.3, -0.25) is 14.7 Å². The van der Waals surface area contributed by atoms with Crippen LogP contribution >= 0.6 is 23.2 Å². The molecular weight excluding hydrogens is 593 g/mol. The third-order valence-corrected chi connectivity index (χ3v) is 9.33. The molecule has 4 rings (SSSR count). The first-order chi connectivity index (χ1) is 19.9. The second-order valence-corrected chi connectivity index (χ2v) is 13.2. The number of benzene rings is 3. The van der Waals surface area contributed by atoms with Crippen LogP contribution in [-0.2, 0) is 16.4 Å². The number of aromatic nitrogens is 2. The van der Waals surface area contributed by atoms with Crippen molar-refractivity contribution in [1.29, 1.82) is 0 Å². The molecule has 42 heavy (non-hydrogen) atoms. The zero-order valence-corrected chi connectivity index (χ0v) is 26.1. The van der Waals surface area contributed by atoms with Crippen LogP contribution in [0.3, 0.4) is 0 Å². The first-order valence-corrected chi connectivity index (χ1v) is 15.7. The zero-order valence-electron chi connectivity index (χ0n) is 23.8. The Labute approximate surface area is 257 Å². The van der Waals surface area contributed by atoms with E-state index >= 15 is 0 Å². The third kappa shape index (κ3) is 7.79. The minimum absolute atomic E-state index is 0.0719. The highest BCUT2D eigenvalue weighted by Crippen LogP contribution is 2.37. The molecule has 1 heterocycles. The van der Waals surface area contributed by atoms with Gasteiger partial charge in [0.2, 0.25) is 0 Å². The van der Waals surface area contributed by atoms with Gasteiger partial charge in [-0.2, -0.15) is 0 Å². The summed E-state index contributed by atoms with van der Waals surface area (Å²) in [5.74, 6) is 0. The number of urea groups is 1. The number of nitrogens with zero attached hydrogens (tertiary/aromatic N) is 2. The van der Waals surface area contributed by atoms with Crippen LogP contribution in [0.25, 0.3) is 11.3 Å². The molecule has 3 aromatic carbocycles. The van der Waals surface area contributed by atoms with Crippen molar-refractivity contribution >= 4 is 50.6 Å². The fraction of sp³-hybridized carbons (Fsp3) is 0.258. The maximum Gasteiger partial charge on any atom is 0.319 e. The average molecular weight is 627 g/mol. The third-order valence-electron chi connectivity index (χ3n) is 7.03. The summed E-state index contributed by atoms with van der Waals surface area (Å²) in [6.07, 6.45) is 6.68. The summed E-state index contributed by atoms with van der Waals surface area (Å²) in [7, 11) is -3.81. The lowest BCUT2D eigenvalue weighted by atomic mass is 9.83. The summed E-state index contributed by atoms with van der Waals surface area (Å²) < 4.78 is 28.5. The van der Waals surface area contributed by atoms with Crippen molar-refractivity contribution in [3.63, 3.8) is 0 Å². The molecular formula is C31H33Cl2N5O3S. The van der Waals surface area contributed by atoms with Crippen LogP contribution in [0.15, 0.2) is 84.1 Å². The molecule has 1 aromatic heterocycles. The second kappa shape index (κ2) is 13.1. The van der Waals surface area contributed by atoms with Gasteiger partial charge in [0.25, 0.3) is 10.0 Å². The van der Waals surface area contributed by atoms with Gasteiger partial charge in [0.05, 0.1) is 32.9 Å². The van der Waals surface area contributed by atoms with E-state index in [-0.39, 0.29) is 10.3 Å². The van der Waals surface area contributed by atoms with Gasteiger partial charge in [-0.25, -0.2) is 13.2 Å². The molecule has 0 spiro atoms. The van der Waals surface area contributed by atoms with Crippen LogP contribution in [0.1, 0.15) is 51.3 Å². The van der Waals surface area contributed by atoms with Crippen molar-refractivity contribution in [2.45, 2.75) is 51.5 Å². The molecule has 11 heteroatoms. The molecule has 3 N–H and O–H groups in total. The molecule has 0 fully saturated rings. The zero-order chi connectivity index (χ0) is 30.5. The monoisotopic (exact) mass is 625 g/mol. The van der Waals surface area contributed by atoms with E-state index < -0.39 is 22.1 Å². The van der Waals surface area contributed by atoms with E-state index in [0.29, 0.717) is 38.2 Å². The van der Waals surface area contributed by atoms with Gasteiger partial charge < -0.3 is 10.6 Å². The molecule has 2 amide bonds. The molecule has 0 aliphatic rings. The number of halogens is 2. The lowest BCUT2D eigenvalue weighted by Crippen LogP contribution is -2.31. The second-order valence-electron chi connectivity index (χ2n) is 10.8. The Morgan fingerprint density at radius 1 is 0.929 bits per heavy atom. The van der Waals surface area contributed by atoms with Gasteiger partial charge in [0, 0.05) is 29.3 Å². The van der Waals surface area contributed by atoms with E-state index in [2.05, 4.69) is 46.1 Å². The van der Waals surface area contributed by atoms with Crippen molar-refractivity contribution < 1.29 is 13.2 Å². The van der Waals surface area contributed by atoms with Crippen LogP contribution in [0.4, 0.5) is 16.2 Å². The van der Waals surface area contributed by atoms with E-state index in [9.17, 15) is 13.2 Å². The van der Waals surface area contributed by atoms with Gasteiger partial charge in [0.15, 0.2) is 0 Å². The Balaban J connectivity index is 1.36. The maximum absolute atomic E-state index is 12.9. The van der Waals surface area contributed by atoms with E-state index in [4.69, 9.17) is 23.2 Å². The van der Waals surface area contributed by atoms with Gasteiger partial charge in [-0.1, -0.05) is 74.7 Å². The molecule has 8 nitrogen and oxygen atoms in total. The minimum atomic E-state index is -3.81. The predicted octanol–water partition coefficient (Wildman–Crippen LogP) is 8.11. The molecule has 0 aliphatic heterocycles. The molecule has 0 aliphatic carbocycles. The lowest BCUT2D eigenvalue weighted by molar-refractivity contribution is 0.249. The van der Waals surface area contributed by atoms with Crippen LogP contribution in [0, 0.1) is 5.41 Å². The number of anilines is 2. The van der Waals surface area contributed by atoms with Crippen LogP contribution in [0.5, 0.6) is 0 Å². The minimum Gasteiger partial charge on any atom is -0.331 e. The Bertz CT molecular complexity index is 1650. The van der Waals surface area contributed by atoms with Crippen molar-refractivity contribution in [2.75, 3.05) is 10.0 Å². The number of hydrogen-bond acceptors (Lipinski definition) is 5. The quantitative estimate of drug-likeness (QED) is 0.165. The SMILES string of the molecule is CCC(C)(C)Cc1ccc(NS(=O)(=O)c2ccc(NC(=O)N[C@@H](C)c3ccc(-c4cnccn4)c(Cl)c3Cl)cc2)cc1. The Hall–Kier alpha value is -3.66. The fourth-order valence-corrected chi connectivity index (χ4v) is 5.93. The number of nitrogens with one attached hydrogen (secondary N) is 3. The van der Waals surface area contributed by atoms with Crippen LogP contribution < -0.4 is 15.4 Å². The topological polar surface area (TPSA) is 113 Å². The maximum atomic E-state index is 12.9. The van der Waals surface area contributed by atoms with E-state index in [1.165, 1.54) is 24.3 Å². The van der Waals surface area contributed by atoms with Crippen molar-refractivity contribution in [3.05, 3.63) is 100 Å². The molecule has 220 valence electrons. The Kier molecular flexibility index (Phi) is 9.76. The van der Waals surface area contributed by atoms with Crippen LogP contribution in [-0.4, -0.2) is 24.4 Å². The molecule has 4 aromatic rings. The average Bonchev–Trinajstić information content (AvgIpc) is 2.96. The smallest absolute Gasteiger partial charge is 0.319 e. The Morgan fingerprint density at radius 2 is 1.60 bits per heavy atom. The van der Waals surface area contributed by atoms with Crippen molar-refractivity contribution in [1.82, 2.24) is 15.3 Å². The number of carbonyl (C=O) groups is 1. The van der Waals surface area contributed by atoms with E-state index in [1.807, 2.05) is 12.1 Å². The number of rotatable bonds is 10. The number of amides is 2. The largest absolute Gasteiger partial charge is 0.331 e. The van der Waals surface area contributed by atoms with Crippen LogP contribution in [0.2, 0.25) is 10.0 Å². The van der Waals surface area contributed by atoms with Gasteiger partial charge in [-0.15, -0.1) is 0 Å². The van der Waals surface area contributed by atoms with E-state index in [1.54, 1.807) is 49.8 Å². The highest BCUT2D eigenvalue weighted by atomic mass is 35.5. The molecule has 0 bridgehead atoms. The molecule has 0 saturated heterocycles. The molecule has 0 unspecified atom stereocenters. The highest BCUT2D eigenvalue weighted by molar-refractivity contribution is 7.92.